The van der Waals surface area contributed by atoms with E-state index in [2.05, 4.69) is 10.3 Å². The Hall–Kier alpha value is -3.07. The zero-order valence-corrected chi connectivity index (χ0v) is 19.1. The molecule has 32 heavy (non-hydrogen) atoms. The number of benzene rings is 3. The summed E-state index contributed by atoms with van der Waals surface area (Å²) in [5.74, 6) is -0.723. The predicted octanol–water partition coefficient (Wildman–Crippen LogP) is 5.93. The van der Waals surface area contributed by atoms with Gasteiger partial charge < -0.3 is 0 Å². The lowest BCUT2D eigenvalue weighted by molar-refractivity contribution is 0.102. The fraction of sp³-hybridized carbons (Fsp3) is 0.0435. The number of carbonyl (C=O) groups excluding carboxylic acids is 1. The molecule has 162 valence electrons. The van der Waals surface area contributed by atoms with Crippen LogP contribution in [0, 0.1) is 5.82 Å². The number of anilines is 1. The van der Waals surface area contributed by atoms with E-state index in [-0.39, 0.29) is 16.6 Å². The van der Waals surface area contributed by atoms with Gasteiger partial charge in [-0.2, -0.15) is 0 Å². The molecule has 1 aromatic heterocycles. The molecule has 0 saturated heterocycles. The van der Waals surface area contributed by atoms with Crippen LogP contribution in [0.25, 0.3) is 21.7 Å². The van der Waals surface area contributed by atoms with Crippen molar-refractivity contribution in [1.29, 1.82) is 0 Å². The van der Waals surface area contributed by atoms with Crippen molar-refractivity contribution in [2.75, 3.05) is 11.6 Å². The molecule has 1 amide bonds. The Labute approximate surface area is 193 Å². The lowest BCUT2D eigenvalue weighted by Gasteiger charge is -2.04. The number of amides is 1. The first-order valence-corrected chi connectivity index (χ1v) is 12.4. The Morgan fingerprint density at radius 3 is 2.12 bits per heavy atom. The van der Waals surface area contributed by atoms with Crippen LogP contribution in [0.5, 0.6) is 0 Å². The summed E-state index contributed by atoms with van der Waals surface area (Å²) in [5.41, 5.74) is 2.36. The average Bonchev–Trinajstić information content (AvgIpc) is 3.18. The molecule has 0 aliphatic heterocycles. The minimum atomic E-state index is -3.33. The van der Waals surface area contributed by atoms with Crippen molar-refractivity contribution in [2.24, 2.45) is 0 Å². The second-order valence-corrected chi connectivity index (χ2v) is 10.4. The molecular weight excluding hydrogens is 471 g/mol. The highest BCUT2D eigenvalue weighted by Crippen LogP contribution is 2.39. The Morgan fingerprint density at radius 2 is 1.53 bits per heavy atom. The molecule has 0 atom stereocenters. The van der Waals surface area contributed by atoms with E-state index >= 15 is 0 Å². The van der Waals surface area contributed by atoms with Crippen molar-refractivity contribution in [3.63, 3.8) is 0 Å². The number of aromatic nitrogens is 1. The van der Waals surface area contributed by atoms with Crippen molar-refractivity contribution >= 4 is 43.8 Å². The normalized spacial score (nSPS) is 11.3. The number of carbonyl (C=O) groups is 1. The summed E-state index contributed by atoms with van der Waals surface area (Å²) in [5, 5.41) is 3.66. The number of hydrogen-bond acceptors (Lipinski definition) is 5. The van der Waals surface area contributed by atoms with Gasteiger partial charge in [0.1, 0.15) is 5.82 Å². The minimum Gasteiger partial charge on any atom is -0.298 e. The number of sulfone groups is 1. The highest BCUT2D eigenvalue weighted by molar-refractivity contribution is 7.90. The first-order chi connectivity index (χ1) is 15.2. The third-order valence-electron chi connectivity index (χ3n) is 4.62. The van der Waals surface area contributed by atoms with Gasteiger partial charge in [0.15, 0.2) is 15.0 Å². The third-order valence-corrected chi connectivity index (χ3v) is 7.02. The van der Waals surface area contributed by atoms with E-state index < -0.39 is 9.84 Å². The Kier molecular flexibility index (Phi) is 6.10. The SMILES string of the molecule is CS(=O)(=O)c1ccc(-c2sc(NC(=O)c3ccc(Cl)cc3)nc2-c2ccc(F)cc2)cc1. The van der Waals surface area contributed by atoms with Crippen LogP contribution < -0.4 is 5.32 Å². The molecule has 1 heterocycles. The molecule has 5 nitrogen and oxygen atoms in total. The molecule has 0 radical (unpaired) electrons. The first kappa shape index (κ1) is 22.1. The number of nitrogens with one attached hydrogen (secondary N) is 1. The fourth-order valence-electron chi connectivity index (χ4n) is 3.00. The van der Waals surface area contributed by atoms with Gasteiger partial charge in [0.25, 0.3) is 5.91 Å². The molecule has 4 rings (SSSR count). The topological polar surface area (TPSA) is 76.1 Å². The summed E-state index contributed by atoms with van der Waals surface area (Å²) in [4.78, 5) is 18.1. The maximum atomic E-state index is 13.4. The molecule has 0 unspecified atom stereocenters. The van der Waals surface area contributed by atoms with Gasteiger partial charge in [0.05, 0.1) is 15.5 Å². The van der Waals surface area contributed by atoms with E-state index in [9.17, 15) is 17.6 Å². The quantitative estimate of drug-likeness (QED) is 0.379. The second-order valence-electron chi connectivity index (χ2n) is 6.96. The van der Waals surface area contributed by atoms with E-state index in [1.165, 1.54) is 35.6 Å². The van der Waals surface area contributed by atoms with Crippen LogP contribution in [0.3, 0.4) is 0 Å². The summed E-state index contributed by atoms with van der Waals surface area (Å²) < 4.78 is 37.0. The monoisotopic (exact) mass is 486 g/mol. The first-order valence-electron chi connectivity index (χ1n) is 9.35. The second kappa shape index (κ2) is 8.82. The molecule has 9 heteroatoms. The number of rotatable bonds is 5. The van der Waals surface area contributed by atoms with Gasteiger partial charge in [-0.15, -0.1) is 0 Å². The standard InChI is InChI=1S/C23H16ClFN2O3S2/c1-32(29,30)19-12-6-15(7-13-19)21-20(14-4-10-18(25)11-5-14)26-23(31-21)27-22(28)16-2-8-17(24)9-3-16/h2-13H,1H3,(H,26,27,28). The van der Waals surface area contributed by atoms with Crippen LogP contribution in [0.1, 0.15) is 10.4 Å². The third kappa shape index (κ3) is 4.88. The van der Waals surface area contributed by atoms with Gasteiger partial charge in [-0.3, -0.25) is 10.1 Å². The van der Waals surface area contributed by atoms with Crippen molar-refractivity contribution in [1.82, 2.24) is 4.98 Å². The van der Waals surface area contributed by atoms with Crippen molar-refractivity contribution in [3.8, 4) is 21.7 Å². The lowest BCUT2D eigenvalue weighted by Crippen LogP contribution is -2.11. The number of halogens is 2. The van der Waals surface area contributed by atoms with E-state index in [4.69, 9.17) is 11.6 Å². The van der Waals surface area contributed by atoms with Crippen molar-refractivity contribution in [3.05, 3.63) is 89.2 Å². The van der Waals surface area contributed by atoms with Crippen LogP contribution in [0.2, 0.25) is 5.02 Å². The zero-order chi connectivity index (χ0) is 22.9. The highest BCUT2D eigenvalue weighted by atomic mass is 35.5. The van der Waals surface area contributed by atoms with Gasteiger partial charge in [-0.05, 0) is 66.2 Å². The molecule has 4 aromatic rings. The summed E-state index contributed by atoms with van der Waals surface area (Å²) in [6, 6.07) is 18.7. The van der Waals surface area contributed by atoms with Gasteiger partial charge in [-0.1, -0.05) is 35.1 Å². The molecule has 0 aliphatic rings. The minimum absolute atomic E-state index is 0.199. The number of nitrogens with zero attached hydrogens (tertiary/aromatic N) is 1. The molecule has 0 spiro atoms. The largest absolute Gasteiger partial charge is 0.298 e. The number of thiazole rings is 1. The smallest absolute Gasteiger partial charge is 0.257 e. The summed E-state index contributed by atoms with van der Waals surface area (Å²) in [6.45, 7) is 0. The molecule has 0 bridgehead atoms. The summed E-state index contributed by atoms with van der Waals surface area (Å²) in [7, 11) is -3.33. The van der Waals surface area contributed by atoms with E-state index in [0.29, 0.717) is 31.9 Å². The summed E-state index contributed by atoms with van der Waals surface area (Å²) >= 11 is 7.12. The van der Waals surface area contributed by atoms with Crippen molar-refractivity contribution < 1.29 is 17.6 Å². The molecule has 1 N–H and O–H groups in total. The van der Waals surface area contributed by atoms with Crippen molar-refractivity contribution in [2.45, 2.75) is 4.90 Å². The van der Waals surface area contributed by atoms with E-state index in [1.54, 1.807) is 48.5 Å². The van der Waals surface area contributed by atoms with Crippen LogP contribution in [-0.4, -0.2) is 25.6 Å². The van der Waals surface area contributed by atoms with Gasteiger partial charge in [0, 0.05) is 22.4 Å². The molecule has 0 aliphatic carbocycles. The van der Waals surface area contributed by atoms with Crippen LogP contribution >= 0.6 is 22.9 Å². The highest BCUT2D eigenvalue weighted by Gasteiger charge is 2.18. The average molecular weight is 487 g/mol. The Bertz CT molecular complexity index is 1380. The molecular formula is C23H16ClFN2O3S2. The number of hydrogen-bond donors (Lipinski definition) is 1. The van der Waals surface area contributed by atoms with Gasteiger partial charge in [0.2, 0.25) is 0 Å². The zero-order valence-electron chi connectivity index (χ0n) is 16.7. The predicted molar refractivity (Wildman–Crippen MR) is 125 cm³/mol. The Balaban J connectivity index is 1.74. The van der Waals surface area contributed by atoms with E-state index in [0.717, 1.165) is 11.8 Å². The molecule has 0 saturated carbocycles. The van der Waals surface area contributed by atoms with Gasteiger partial charge in [-0.25, -0.2) is 17.8 Å². The Morgan fingerprint density at radius 1 is 0.938 bits per heavy atom. The van der Waals surface area contributed by atoms with Crippen LogP contribution in [-0.2, 0) is 9.84 Å². The maximum absolute atomic E-state index is 13.4. The summed E-state index contributed by atoms with van der Waals surface area (Å²) in [6.07, 6.45) is 1.14. The van der Waals surface area contributed by atoms with Crippen LogP contribution in [0.4, 0.5) is 9.52 Å². The lowest BCUT2D eigenvalue weighted by atomic mass is 10.1. The fourth-order valence-corrected chi connectivity index (χ4v) is 4.74. The van der Waals surface area contributed by atoms with Crippen LogP contribution in [0.15, 0.2) is 77.7 Å². The molecule has 0 fully saturated rings. The maximum Gasteiger partial charge on any atom is 0.257 e. The van der Waals surface area contributed by atoms with E-state index in [1.807, 2.05) is 0 Å². The van der Waals surface area contributed by atoms with Gasteiger partial charge >= 0.3 is 0 Å². The molecule has 3 aromatic carbocycles.